The predicted molar refractivity (Wildman–Crippen MR) is 83.7 cm³/mol. The van der Waals surface area contributed by atoms with Crippen LogP contribution in [0.4, 0.5) is 5.69 Å². The molecule has 3 N–H and O–H groups in total. The van der Waals surface area contributed by atoms with Gasteiger partial charge < -0.3 is 10.4 Å². The molecular formula is C15H14N2O5S. The van der Waals surface area contributed by atoms with Crippen molar-refractivity contribution >= 4 is 27.6 Å². The smallest absolute Gasteiger partial charge is 0.337 e. The number of nitrogens with one attached hydrogen (secondary N) is 2. The van der Waals surface area contributed by atoms with Gasteiger partial charge in [0, 0.05) is 5.69 Å². The zero-order chi connectivity index (χ0) is 16.9. The molecule has 0 atom stereocenters. The van der Waals surface area contributed by atoms with Crippen molar-refractivity contribution in [1.29, 1.82) is 0 Å². The number of sulfonamides is 1. The summed E-state index contributed by atoms with van der Waals surface area (Å²) in [7, 11) is -4.11. The first-order valence-electron chi connectivity index (χ1n) is 6.57. The number of para-hydroxylation sites is 1. The van der Waals surface area contributed by atoms with E-state index in [0.717, 1.165) is 0 Å². The Kier molecular flexibility index (Phi) is 5.09. The molecule has 2 aromatic carbocycles. The van der Waals surface area contributed by atoms with E-state index in [1.54, 1.807) is 30.3 Å². The lowest BCUT2D eigenvalue weighted by atomic mass is 10.2. The Morgan fingerprint density at radius 1 is 0.957 bits per heavy atom. The summed E-state index contributed by atoms with van der Waals surface area (Å²) < 4.78 is 26.4. The molecule has 0 fully saturated rings. The minimum atomic E-state index is -4.11. The first kappa shape index (κ1) is 16.7. The lowest BCUT2D eigenvalue weighted by Gasteiger charge is -2.09. The molecular weight excluding hydrogens is 320 g/mol. The number of carbonyl (C=O) groups is 2. The molecule has 0 saturated carbocycles. The minimum Gasteiger partial charge on any atom is -0.478 e. The highest BCUT2D eigenvalue weighted by molar-refractivity contribution is 7.89. The SMILES string of the molecule is O=C(CNS(=O)(=O)c1ccccc1C(=O)O)Nc1ccccc1. The highest BCUT2D eigenvalue weighted by Gasteiger charge is 2.22. The summed E-state index contributed by atoms with van der Waals surface area (Å²) in [4.78, 5) is 22.4. The second-order valence-electron chi connectivity index (χ2n) is 4.54. The zero-order valence-corrected chi connectivity index (χ0v) is 12.7. The van der Waals surface area contributed by atoms with Gasteiger partial charge in [-0.15, -0.1) is 0 Å². The molecule has 0 aromatic heterocycles. The number of carboxylic acids is 1. The number of amides is 1. The van der Waals surface area contributed by atoms with Crippen LogP contribution in [0.2, 0.25) is 0 Å². The van der Waals surface area contributed by atoms with Gasteiger partial charge in [-0.25, -0.2) is 17.9 Å². The number of anilines is 1. The fraction of sp³-hybridized carbons (Fsp3) is 0.0667. The molecule has 0 aliphatic carbocycles. The van der Waals surface area contributed by atoms with Crippen LogP contribution in [0.3, 0.4) is 0 Å². The largest absolute Gasteiger partial charge is 0.478 e. The average molecular weight is 334 g/mol. The Hall–Kier alpha value is -2.71. The van der Waals surface area contributed by atoms with Gasteiger partial charge in [0.2, 0.25) is 15.9 Å². The van der Waals surface area contributed by atoms with E-state index in [0.29, 0.717) is 5.69 Å². The molecule has 120 valence electrons. The summed E-state index contributed by atoms with van der Waals surface area (Å²) in [6.07, 6.45) is 0. The Balaban J connectivity index is 2.08. The van der Waals surface area contributed by atoms with Crippen molar-refractivity contribution in [3.63, 3.8) is 0 Å². The van der Waals surface area contributed by atoms with Crippen LogP contribution in [0.5, 0.6) is 0 Å². The summed E-state index contributed by atoms with van der Waals surface area (Å²) in [5, 5.41) is 11.6. The number of rotatable bonds is 6. The fourth-order valence-electron chi connectivity index (χ4n) is 1.84. The van der Waals surface area contributed by atoms with Gasteiger partial charge in [0.05, 0.1) is 17.0 Å². The molecule has 7 nitrogen and oxygen atoms in total. The van der Waals surface area contributed by atoms with Crippen LogP contribution in [0, 0.1) is 0 Å². The standard InChI is InChI=1S/C15H14N2O5S/c18-14(17-11-6-2-1-3-7-11)10-16-23(21,22)13-9-5-4-8-12(13)15(19)20/h1-9,16H,10H2,(H,17,18)(H,19,20). The van der Waals surface area contributed by atoms with Gasteiger partial charge in [0.1, 0.15) is 0 Å². The van der Waals surface area contributed by atoms with Crippen molar-refractivity contribution in [2.45, 2.75) is 4.90 Å². The third-order valence-electron chi connectivity index (χ3n) is 2.89. The van der Waals surface area contributed by atoms with E-state index in [4.69, 9.17) is 5.11 Å². The maximum absolute atomic E-state index is 12.2. The van der Waals surface area contributed by atoms with Crippen molar-refractivity contribution < 1.29 is 23.1 Å². The van der Waals surface area contributed by atoms with Crippen LogP contribution < -0.4 is 10.0 Å². The second-order valence-corrected chi connectivity index (χ2v) is 6.28. The molecule has 2 rings (SSSR count). The van der Waals surface area contributed by atoms with Crippen LogP contribution in [-0.2, 0) is 14.8 Å². The van der Waals surface area contributed by atoms with Crippen molar-refractivity contribution in [3.05, 3.63) is 60.2 Å². The molecule has 0 aliphatic rings. The van der Waals surface area contributed by atoms with Crippen molar-refractivity contribution in [3.8, 4) is 0 Å². The highest BCUT2D eigenvalue weighted by atomic mass is 32.2. The van der Waals surface area contributed by atoms with E-state index >= 15 is 0 Å². The number of carbonyl (C=O) groups excluding carboxylic acids is 1. The summed E-state index contributed by atoms with van der Waals surface area (Å²) in [5.74, 6) is -1.92. The zero-order valence-electron chi connectivity index (χ0n) is 11.9. The number of hydrogen-bond acceptors (Lipinski definition) is 4. The Bertz CT molecular complexity index is 819. The van der Waals surface area contributed by atoms with Gasteiger partial charge in [0.25, 0.3) is 0 Å². The van der Waals surface area contributed by atoms with Crippen molar-refractivity contribution in [2.75, 3.05) is 11.9 Å². The van der Waals surface area contributed by atoms with E-state index in [9.17, 15) is 18.0 Å². The quantitative estimate of drug-likeness (QED) is 0.737. The van der Waals surface area contributed by atoms with E-state index in [2.05, 4.69) is 10.0 Å². The van der Waals surface area contributed by atoms with E-state index in [-0.39, 0.29) is 10.5 Å². The summed E-state index contributed by atoms with van der Waals surface area (Å²) in [6, 6.07) is 13.7. The number of aromatic carboxylic acids is 1. The number of hydrogen-bond donors (Lipinski definition) is 3. The van der Waals surface area contributed by atoms with Gasteiger partial charge in [-0.05, 0) is 24.3 Å². The van der Waals surface area contributed by atoms with E-state index < -0.39 is 28.4 Å². The van der Waals surface area contributed by atoms with Crippen LogP contribution in [0.1, 0.15) is 10.4 Å². The summed E-state index contributed by atoms with van der Waals surface area (Å²) >= 11 is 0. The Labute approximate surface area is 133 Å². The third kappa shape index (κ3) is 4.38. The topological polar surface area (TPSA) is 113 Å². The molecule has 23 heavy (non-hydrogen) atoms. The molecule has 0 radical (unpaired) electrons. The lowest BCUT2D eigenvalue weighted by molar-refractivity contribution is -0.115. The van der Waals surface area contributed by atoms with Gasteiger partial charge >= 0.3 is 5.97 Å². The molecule has 2 aromatic rings. The second kappa shape index (κ2) is 7.03. The molecule has 0 aliphatic heterocycles. The lowest BCUT2D eigenvalue weighted by Crippen LogP contribution is -2.33. The molecule has 1 amide bonds. The molecule has 0 unspecified atom stereocenters. The molecule has 8 heteroatoms. The first-order valence-corrected chi connectivity index (χ1v) is 8.05. The van der Waals surface area contributed by atoms with Gasteiger partial charge in [-0.1, -0.05) is 30.3 Å². The van der Waals surface area contributed by atoms with Crippen LogP contribution in [-0.4, -0.2) is 31.9 Å². The van der Waals surface area contributed by atoms with Crippen LogP contribution in [0.25, 0.3) is 0 Å². The highest BCUT2D eigenvalue weighted by Crippen LogP contribution is 2.15. The molecule has 0 spiro atoms. The average Bonchev–Trinajstić information content (AvgIpc) is 2.54. The summed E-state index contributed by atoms with van der Waals surface area (Å²) in [5.41, 5.74) is 0.172. The van der Waals surface area contributed by atoms with Gasteiger partial charge in [-0.2, -0.15) is 0 Å². The maximum Gasteiger partial charge on any atom is 0.337 e. The normalized spacial score (nSPS) is 11.0. The van der Waals surface area contributed by atoms with Crippen molar-refractivity contribution in [2.24, 2.45) is 0 Å². The van der Waals surface area contributed by atoms with Crippen molar-refractivity contribution in [1.82, 2.24) is 4.72 Å². The summed E-state index contributed by atoms with van der Waals surface area (Å²) in [6.45, 7) is -0.509. The minimum absolute atomic E-state index is 0.358. The Morgan fingerprint density at radius 3 is 2.22 bits per heavy atom. The van der Waals surface area contributed by atoms with E-state index in [1.165, 1.54) is 24.3 Å². The number of carboxylic acid groups (broad SMARTS) is 1. The van der Waals surface area contributed by atoms with Crippen LogP contribution in [0.15, 0.2) is 59.5 Å². The molecule has 0 bridgehead atoms. The molecule has 0 saturated heterocycles. The third-order valence-corrected chi connectivity index (χ3v) is 4.35. The van der Waals surface area contributed by atoms with Crippen LogP contribution >= 0.6 is 0 Å². The van der Waals surface area contributed by atoms with Gasteiger partial charge in [0.15, 0.2) is 0 Å². The maximum atomic E-state index is 12.2. The first-order chi connectivity index (χ1) is 10.9. The predicted octanol–water partition coefficient (Wildman–Crippen LogP) is 1.30. The number of benzene rings is 2. The van der Waals surface area contributed by atoms with Gasteiger partial charge in [-0.3, -0.25) is 4.79 Å². The molecule has 0 heterocycles. The van der Waals surface area contributed by atoms with E-state index in [1.807, 2.05) is 0 Å². The Morgan fingerprint density at radius 2 is 1.57 bits per heavy atom. The monoisotopic (exact) mass is 334 g/mol. The fourth-order valence-corrected chi connectivity index (χ4v) is 3.02.